The molecule has 5 heteroatoms. The Balaban J connectivity index is 0.00000133. The summed E-state index contributed by atoms with van der Waals surface area (Å²) in [6.45, 7) is 10.7. The number of hydrogen-bond acceptors (Lipinski definition) is 3. The molecule has 4 rings (SSSR count). The SMILES string of the molecule is C=CCC(N)B1O[C@H]2C[C@H]3C[C@@H](C3(C)C)[C@]2(C)O1.Cl. The summed E-state index contributed by atoms with van der Waals surface area (Å²) in [6.07, 6.45) is 5.22. The molecule has 1 heterocycles. The first-order valence-electron chi connectivity index (χ1n) is 7.09. The van der Waals surface area contributed by atoms with Crippen molar-refractivity contribution in [2.75, 3.05) is 0 Å². The first kappa shape index (κ1) is 15.4. The minimum atomic E-state index is -0.256. The van der Waals surface area contributed by atoms with Gasteiger partial charge in [0.15, 0.2) is 0 Å². The van der Waals surface area contributed by atoms with Crippen molar-refractivity contribution in [3.63, 3.8) is 0 Å². The largest absolute Gasteiger partial charge is 0.475 e. The Morgan fingerprint density at radius 2 is 2.11 bits per heavy atom. The molecule has 4 aliphatic rings. The molecule has 1 saturated heterocycles. The summed E-state index contributed by atoms with van der Waals surface area (Å²) in [7, 11) is -0.256. The predicted octanol–water partition coefficient (Wildman–Crippen LogP) is 2.58. The van der Waals surface area contributed by atoms with Crippen molar-refractivity contribution >= 4 is 19.5 Å². The molecule has 3 saturated carbocycles. The van der Waals surface area contributed by atoms with Gasteiger partial charge in [0.1, 0.15) is 0 Å². The van der Waals surface area contributed by atoms with Gasteiger partial charge in [-0.25, -0.2) is 0 Å². The molecule has 108 valence electrons. The van der Waals surface area contributed by atoms with Crippen molar-refractivity contribution in [2.24, 2.45) is 23.0 Å². The summed E-state index contributed by atoms with van der Waals surface area (Å²) in [5.41, 5.74) is 6.37. The maximum atomic E-state index is 6.26. The Hall–Kier alpha value is -0.0251. The van der Waals surface area contributed by atoms with Gasteiger partial charge in [0.05, 0.1) is 11.7 Å². The third-order valence-corrected chi connectivity index (χ3v) is 5.76. The van der Waals surface area contributed by atoms with Crippen molar-refractivity contribution in [3.8, 4) is 0 Å². The maximum Gasteiger partial charge on any atom is 0.475 e. The zero-order chi connectivity index (χ0) is 13.1. The molecule has 0 aromatic rings. The zero-order valence-electron chi connectivity index (χ0n) is 12.1. The average molecular weight is 286 g/mol. The van der Waals surface area contributed by atoms with E-state index in [2.05, 4.69) is 27.4 Å². The number of nitrogens with two attached hydrogens (primary N) is 1. The Kier molecular flexibility index (Phi) is 3.85. The molecular weight excluding hydrogens is 260 g/mol. The molecular formula is C14H25BClNO2. The Labute approximate surface area is 122 Å². The van der Waals surface area contributed by atoms with Gasteiger partial charge in [0, 0.05) is 5.94 Å². The molecule has 4 fully saturated rings. The standard InChI is InChI=1S/C14H24BNO2.ClH/c1-5-6-12(16)15-17-11-8-9-7-10(13(9,2)3)14(11,4)18-15;/h5,9-12H,1,6-8,16H2,2-4H3;1H/t9-,10+,11+,12?,14+;/m1./s1. The lowest BCUT2D eigenvalue weighted by molar-refractivity contribution is -0.199. The minimum Gasteiger partial charge on any atom is -0.404 e. The monoisotopic (exact) mass is 285 g/mol. The Bertz CT molecular complexity index is 378. The summed E-state index contributed by atoms with van der Waals surface area (Å²) in [5, 5.41) is 0. The van der Waals surface area contributed by atoms with Gasteiger partial charge in [0.25, 0.3) is 0 Å². The molecule has 0 spiro atoms. The quantitative estimate of drug-likeness (QED) is 0.640. The molecule has 0 radical (unpaired) electrons. The van der Waals surface area contributed by atoms with Crippen LogP contribution in [-0.4, -0.2) is 24.8 Å². The lowest BCUT2D eigenvalue weighted by Crippen LogP contribution is -2.65. The fraction of sp³-hybridized carbons (Fsp3) is 0.857. The van der Waals surface area contributed by atoms with Crippen molar-refractivity contribution in [1.82, 2.24) is 0 Å². The topological polar surface area (TPSA) is 44.5 Å². The van der Waals surface area contributed by atoms with Gasteiger partial charge < -0.3 is 15.0 Å². The number of rotatable bonds is 3. The highest BCUT2D eigenvalue weighted by Crippen LogP contribution is 2.65. The fourth-order valence-corrected chi connectivity index (χ4v) is 4.39. The van der Waals surface area contributed by atoms with E-state index in [-0.39, 0.29) is 37.2 Å². The summed E-state index contributed by atoms with van der Waals surface area (Å²) in [6, 6.07) is 0. The average Bonchev–Trinajstić information content (AvgIpc) is 2.65. The van der Waals surface area contributed by atoms with Crippen LogP contribution >= 0.6 is 12.4 Å². The number of hydrogen-bond donors (Lipinski definition) is 1. The molecule has 19 heavy (non-hydrogen) atoms. The van der Waals surface area contributed by atoms with Crippen molar-refractivity contribution in [3.05, 3.63) is 12.7 Å². The molecule has 2 bridgehead atoms. The van der Waals surface area contributed by atoms with Crippen molar-refractivity contribution in [2.45, 2.75) is 57.7 Å². The molecule has 2 N–H and O–H groups in total. The fourth-order valence-electron chi connectivity index (χ4n) is 4.39. The first-order valence-corrected chi connectivity index (χ1v) is 7.09. The van der Waals surface area contributed by atoms with Gasteiger partial charge in [-0.1, -0.05) is 19.9 Å². The van der Waals surface area contributed by atoms with E-state index in [0.717, 1.165) is 18.8 Å². The second kappa shape index (κ2) is 4.76. The number of halogens is 1. The Morgan fingerprint density at radius 1 is 1.42 bits per heavy atom. The lowest BCUT2D eigenvalue weighted by atomic mass is 9.43. The third kappa shape index (κ3) is 1.99. The molecule has 0 amide bonds. The lowest BCUT2D eigenvalue weighted by Gasteiger charge is -2.64. The van der Waals surface area contributed by atoms with Crippen LogP contribution < -0.4 is 5.73 Å². The van der Waals surface area contributed by atoms with Crippen LogP contribution in [0.25, 0.3) is 0 Å². The van der Waals surface area contributed by atoms with Crippen molar-refractivity contribution in [1.29, 1.82) is 0 Å². The van der Waals surface area contributed by atoms with Crippen LogP contribution in [0.15, 0.2) is 12.7 Å². The summed E-state index contributed by atoms with van der Waals surface area (Å²) in [4.78, 5) is 0. The second-order valence-corrected chi connectivity index (χ2v) is 7.03. The minimum absolute atomic E-state index is 0. The third-order valence-electron chi connectivity index (χ3n) is 5.76. The van der Waals surface area contributed by atoms with Crippen LogP contribution in [0.4, 0.5) is 0 Å². The Morgan fingerprint density at radius 3 is 2.68 bits per heavy atom. The highest BCUT2D eigenvalue weighted by atomic mass is 35.5. The highest BCUT2D eigenvalue weighted by molar-refractivity contribution is 6.47. The van der Waals surface area contributed by atoms with E-state index in [1.165, 1.54) is 6.42 Å². The summed E-state index contributed by atoms with van der Waals surface area (Å²) >= 11 is 0. The van der Waals surface area contributed by atoms with Gasteiger partial charge in [-0.15, -0.1) is 19.0 Å². The van der Waals surface area contributed by atoms with Gasteiger partial charge in [-0.3, -0.25) is 0 Å². The molecule has 0 aromatic heterocycles. The van der Waals surface area contributed by atoms with Gasteiger partial charge in [-0.05, 0) is 43.4 Å². The van der Waals surface area contributed by atoms with Gasteiger partial charge >= 0.3 is 7.12 Å². The molecule has 3 aliphatic carbocycles. The zero-order valence-corrected chi connectivity index (χ0v) is 12.9. The molecule has 5 atom stereocenters. The van der Waals surface area contributed by atoms with Crippen LogP contribution in [-0.2, 0) is 9.31 Å². The molecule has 1 aliphatic heterocycles. The van der Waals surface area contributed by atoms with Crippen LogP contribution in [0.1, 0.15) is 40.0 Å². The van der Waals surface area contributed by atoms with Crippen LogP contribution in [0.5, 0.6) is 0 Å². The van der Waals surface area contributed by atoms with Crippen LogP contribution in [0, 0.1) is 17.3 Å². The van der Waals surface area contributed by atoms with Gasteiger partial charge in [-0.2, -0.15) is 0 Å². The smallest absolute Gasteiger partial charge is 0.404 e. The van der Waals surface area contributed by atoms with E-state index in [0.29, 0.717) is 11.3 Å². The molecule has 3 nitrogen and oxygen atoms in total. The normalized spacial score (nSPS) is 43.8. The highest BCUT2D eigenvalue weighted by Gasteiger charge is 2.68. The summed E-state index contributed by atoms with van der Waals surface area (Å²) < 4.78 is 12.3. The summed E-state index contributed by atoms with van der Waals surface area (Å²) in [5.74, 6) is 1.30. The van der Waals surface area contributed by atoms with E-state index >= 15 is 0 Å². The van der Waals surface area contributed by atoms with Gasteiger partial charge in [0.2, 0.25) is 0 Å². The van der Waals surface area contributed by atoms with E-state index in [1.807, 2.05) is 6.08 Å². The molecule has 0 aromatic carbocycles. The maximum absolute atomic E-state index is 6.26. The predicted molar refractivity (Wildman–Crippen MR) is 80.1 cm³/mol. The van der Waals surface area contributed by atoms with E-state index in [4.69, 9.17) is 15.0 Å². The first-order chi connectivity index (χ1) is 8.39. The van der Waals surface area contributed by atoms with Crippen LogP contribution in [0.3, 0.4) is 0 Å². The van der Waals surface area contributed by atoms with Crippen LogP contribution in [0.2, 0.25) is 0 Å². The van der Waals surface area contributed by atoms with E-state index in [1.54, 1.807) is 0 Å². The van der Waals surface area contributed by atoms with Crippen molar-refractivity contribution < 1.29 is 9.31 Å². The second-order valence-electron chi connectivity index (χ2n) is 7.03. The van der Waals surface area contributed by atoms with E-state index in [9.17, 15) is 0 Å². The molecule has 1 unspecified atom stereocenters. The van der Waals surface area contributed by atoms with E-state index < -0.39 is 0 Å².